The third-order valence-corrected chi connectivity index (χ3v) is 5.82. The first kappa shape index (κ1) is 26.7. The molecule has 0 aliphatic rings. The van der Waals surface area contributed by atoms with Crippen LogP contribution in [-0.2, 0) is 0 Å². The van der Waals surface area contributed by atoms with Crippen molar-refractivity contribution in [2.45, 2.75) is 85.4 Å². The molecule has 0 aliphatic carbocycles. The van der Waals surface area contributed by atoms with Gasteiger partial charge in [-0.25, -0.2) is 9.97 Å². The molecule has 0 spiro atoms. The van der Waals surface area contributed by atoms with Crippen LogP contribution >= 0.6 is 0 Å². The summed E-state index contributed by atoms with van der Waals surface area (Å²) in [6.07, 6.45) is 3.66. The predicted molar refractivity (Wildman–Crippen MR) is 129 cm³/mol. The first-order valence-corrected chi connectivity index (χ1v) is 11.7. The zero-order valence-corrected chi connectivity index (χ0v) is 20.6. The Kier molecular flexibility index (Phi) is 9.74. The van der Waals surface area contributed by atoms with Crippen molar-refractivity contribution in [3.8, 4) is 17.0 Å². The average Bonchev–Trinajstić information content (AvgIpc) is 2.76. The minimum absolute atomic E-state index is 0.229. The number of allylic oxidation sites excluding steroid dienone is 1. The van der Waals surface area contributed by atoms with E-state index >= 15 is 0 Å². The lowest BCUT2D eigenvalue weighted by Crippen LogP contribution is -2.17. The van der Waals surface area contributed by atoms with E-state index in [2.05, 4.69) is 38.6 Å². The SMILES string of the molecule is CCCCCC(CC)c1nc(-c2ccc(OC(F)(F)F)cc2)c(C)c(N(C)/C=C(\C)CC)n1. The van der Waals surface area contributed by atoms with Crippen LogP contribution in [0.2, 0.25) is 0 Å². The van der Waals surface area contributed by atoms with E-state index in [9.17, 15) is 13.2 Å². The highest BCUT2D eigenvalue weighted by Gasteiger charge is 2.31. The molecular weight excluding hydrogens is 427 g/mol. The van der Waals surface area contributed by atoms with Gasteiger partial charge in [0.2, 0.25) is 0 Å². The van der Waals surface area contributed by atoms with Crippen molar-refractivity contribution < 1.29 is 17.9 Å². The van der Waals surface area contributed by atoms with E-state index in [-0.39, 0.29) is 11.7 Å². The van der Waals surface area contributed by atoms with Crippen LogP contribution in [0.4, 0.5) is 19.0 Å². The Morgan fingerprint density at radius 1 is 1.09 bits per heavy atom. The molecule has 33 heavy (non-hydrogen) atoms. The highest BCUT2D eigenvalue weighted by atomic mass is 19.4. The second-order valence-corrected chi connectivity index (χ2v) is 8.49. The molecule has 0 bridgehead atoms. The number of nitrogens with zero attached hydrogens (tertiary/aromatic N) is 3. The molecule has 1 aromatic heterocycles. The van der Waals surface area contributed by atoms with Crippen LogP contribution in [0.15, 0.2) is 36.0 Å². The van der Waals surface area contributed by atoms with Gasteiger partial charge in [0.1, 0.15) is 17.4 Å². The quantitative estimate of drug-likeness (QED) is 0.315. The van der Waals surface area contributed by atoms with Gasteiger partial charge in [-0.2, -0.15) is 0 Å². The molecule has 0 radical (unpaired) electrons. The number of aromatic nitrogens is 2. The van der Waals surface area contributed by atoms with Gasteiger partial charge in [-0.1, -0.05) is 45.6 Å². The van der Waals surface area contributed by atoms with Crippen LogP contribution in [0, 0.1) is 6.92 Å². The Hall–Kier alpha value is -2.57. The van der Waals surface area contributed by atoms with Gasteiger partial charge in [0.25, 0.3) is 0 Å². The third-order valence-electron chi connectivity index (χ3n) is 5.82. The minimum Gasteiger partial charge on any atom is -0.406 e. The number of halogens is 3. The summed E-state index contributed by atoms with van der Waals surface area (Å²) < 4.78 is 41.7. The van der Waals surface area contributed by atoms with E-state index in [1.165, 1.54) is 24.1 Å². The lowest BCUT2D eigenvalue weighted by atomic mass is 9.97. The summed E-state index contributed by atoms with van der Waals surface area (Å²) in [5.41, 5.74) is 3.58. The minimum atomic E-state index is -4.72. The van der Waals surface area contributed by atoms with Crippen LogP contribution in [0.5, 0.6) is 5.75 Å². The van der Waals surface area contributed by atoms with Crippen molar-refractivity contribution in [1.29, 1.82) is 0 Å². The topological polar surface area (TPSA) is 38.2 Å². The predicted octanol–water partition coefficient (Wildman–Crippen LogP) is 8.17. The number of hydrogen-bond acceptors (Lipinski definition) is 4. The molecule has 7 heteroatoms. The Morgan fingerprint density at radius 2 is 1.76 bits per heavy atom. The lowest BCUT2D eigenvalue weighted by molar-refractivity contribution is -0.274. The third kappa shape index (κ3) is 7.76. The molecule has 2 aromatic rings. The van der Waals surface area contributed by atoms with Gasteiger partial charge in [0.15, 0.2) is 0 Å². The summed E-state index contributed by atoms with van der Waals surface area (Å²) in [7, 11) is 1.97. The normalized spacial score (nSPS) is 13.2. The molecule has 2 rings (SSSR count). The van der Waals surface area contributed by atoms with Crippen molar-refractivity contribution in [3.05, 3.63) is 47.4 Å². The van der Waals surface area contributed by atoms with E-state index < -0.39 is 6.36 Å². The maximum Gasteiger partial charge on any atom is 0.573 e. The summed E-state index contributed by atoms with van der Waals surface area (Å²) >= 11 is 0. The number of ether oxygens (including phenoxy) is 1. The summed E-state index contributed by atoms with van der Waals surface area (Å²) in [5.74, 6) is 1.58. The Balaban J connectivity index is 2.54. The summed E-state index contributed by atoms with van der Waals surface area (Å²) in [6.45, 7) is 10.5. The first-order valence-electron chi connectivity index (χ1n) is 11.7. The molecule has 4 nitrogen and oxygen atoms in total. The Bertz CT molecular complexity index is 924. The molecule has 0 N–H and O–H groups in total. The molecule has 0 fully saturated rings. The summed E-state index contributed by atoms with van der Waals surface area (Å²) in [5, 5.41) is 0. The molecule has 0 saturated heterocycles. The van der Waals surface area contributed by atoms with Crippen molar-refractivity contribution >= 4 is 5.82 Å². The van der Waals surface area contributed by atoms with Gasteiger partial charge in [0.05, 0.1) is 5.69 Å². The van der Waals surface area contributed by atoms with Gasteiger partial charge < -0.3 is 9.64 Å². The largest absolute Gasteiger partial charge is 0.573 e. The molecule has 0 aliphatic heterocycles. The standard InChI is InChI=1S/C26H36F3N3O/c1-7-10-11-12-20(9-3)24-30-23(19(5)25(31-24)32(6)17-18(4)8-2)21-13-15-22(16-14-21)33-26(27,28)29/h13-17,20H,7-12H2,1-6H3/b18-17+. The van der Waals surface area contributed by atoms with E-state index in [0.29, 0.717) is 0 Å². The van der Waals surface area contributed by atoms with Gasteiger partial charge in [-0.3, -0.25) is 0 Å². The van der Waals surface area contributed by atoms with Crippen LogP contribution in [0.3, 0.4) is 0 Å². The molecule has 1 aromatic carbocycles. The summed E-state index contributed by atoms with van der Waals surface area (Å²) in [6, 6.07) is 5.89. The van der Waals surface area contributed by atoms with Crippen LogP contribution in [0.1, 0.15) is 83.5 Å². The van der Waals surface area contributed by atoms with Crippen LogP contribution in [0.25, 0.3) is 11.3 Å². The highest BCUT2D eigenvalue weighted by molar-refractivity contribution is 5.69. The van der Waals surface area contributed by atoms with Crippen molar-refractivity contribution in [1.82, 2.24) is 9.97 Å². The number of benzene rings is 1. The van der Waals surface area contributed by atoms with E-state index in [1.54, 1.807) is 12.1 Å². The van der Waals surface area contributed by atoms with Crippen LogP contribution < -0.4 is 9.64 Å². The van der Waals surface area contributed by atoms with E-state index in [4.69, 9.17) is 9.97 Å². The number of alkyl halides is 3. The first-order chi connectivity index (χ1) is 15.6. The fraction of sp³-hybridized carbons (Fsp3) is 0.538. The molecular formula is C26H36F3N3O. The van der Waals surface area contributed by atoms with Crippen molar-refractivity contribution in [2.75, 3.05) is 11.9 Å². The number of anilines is 1. The maximum atomic E-state index is 12.6. The van der Waals surface area contributed by atoms with Crippen LogP contribution in [-0.4, -0.2) is 23.4 Å². The Morgan fingerprint density at radius 3 is 2.30 bits per heavy atom. The van der Waals surface area contributed by atoms with Crippen molar-refractivity contribution in [2.24, 2.45) is 0 Å². The van der Waals surface area contributed by atoms with E-state index in [1.807, 2.05) is 18.9 Å². The smallest absolute Gasteiger partial charge is 0.406 e. The number of rotatable bonds is 11. The zero-order valence-electron chi connectivity index (χ0n) is 20.6. The van der Waals surface area contributed by atoms with Gasteiger partial charge in [-0.15, -0.1) is 13.2 Å². The summed E-state index contributed by atoms with van der Waals surface area (Å²) in [4.78, 5) is 11.9. The van der Waals surface area contributed by atoms with Crippen molar-refractivity contribution in [3.63, 3.8) is 0 Å². The molecule has 182 valence electrons. The second kappa shape index (κ2) is 12.1. The monoisotopic (exact) mass is 463 g/mol. The molecule has 0 amide bonds. The molecule has 1 heterocycles. The highest BCUT2D eigenvalue weighted by Crippen LogP contribution is 2.33. The second-order valence-electron chi connectivity index (χ2n) is 8.49. The maximum absolute atomic E-state index is 12.6. The molecule has 1 unspecified atom stereocenters. The van der Waals surface area contributed by atoms with Gasteiger partial charge in [-0.05, 0) is 57.4 Å². The zero-order chi connectivity index (χ0) is 24.6. The number of unbranched alkanes of at least 4 members (excludes halogenated alkanes) is 2. The fourth-order valence-electron chi connectivity index (χ4n) is 3.78. The average molecular weight is 464 g/mol. The Labute approximate surface area is 195 Å². The molecule has 0 saturated carbocycles. The fourth-order valence-corrected chi connectivity index (χ4v) is 3.78. The molecule has 1 atom stereocenters. The van der Waals surface area contributed by atoms with Gasteiger partial charge >= 0.3 is 6.36 Å². The lowest BCUT2D eigenvalue weighted by Gasteiger charge is -2.23. The van der Waals surface area contributed by atoms with E-state index in [0.717, 1.165) is 60.6 Å². The number of hydrogen-bond donors (Lipinski definition) is 0. The van der Waals surface area contributed by atoms with Gasteiger partial charge in [0, 0.05) is 30.3 Å².